The molecular weight excluding hydrogens is 444 g/mol. The second kappa shape index (κ2) is 9.34. The maximum atomic E-state index is 13.5. The van der Waals surface area contributed by atoms with Crippen LogP contribution in [0.3, 0.4) is 0 Å². The Morgan fingerprint density at radius 1 is 0.829 bits per heavy atom. The second-order valence-electron chi connectivity index (χ2n) is 8.35. The van der Waals surface area contributed by atoms with Crippen LogP contribution in [0.1, 0.15) is 34.6 Å². The minimum absolute atomic E-state index is 0.0959. The summed E-state index contributed by atoms with van der Waals surface area (Å²) in [5, 5.41) is 0.485. The number of fused-ring (bicyclic) bond motifs is 1. The lowest BCUT2D eigenvalue weighted by molar-refractivity contribution is -0.121. The maximum Gasteiger partial charge on any atom is 0.258 e. The molecule has 174 valence electrons. The molecule has 0 saturated carbocycles. The van der Waals surface area contributed by atoms with Crippen molar-refractivity contribution in [2.45, 2.75) is 25.9 Å². The van der Waals surface area contributed by atoms with Crippen LogP contribution in [0.4, 0.5) is 5.69 Å². The van der Waals surface area contributed by atoms with E-state index in [1.807, 2.05) is 36.4 Å². The van der Waals surface area contributed by atoms with Crippen LogP contribution in [0.5, 0.6) is 0 Å². The lowest BCUT2D eigenvalue weighted by Crippen LogP contribution is -2.32. The summed E-state index contributed by atoms with van der Waals surface area (Å²) >= 11 is 0. The second-order valence-corrected chi connectivity index (χ2v) is 8.35. The standard InChI is InChI=1S/C27H22N4O4/c32-24-14-15-25(33)31(24)20-12-10-19(11-13-20)27(35)30(16-18-6-2-1-3-7-18)17-23-28-22-9-5-4-8-21(22)26(34)29-23/h1-13H,14-17H2,(H,28,29,34). The summed E-state index contributed by atoms with van der Waals surface area (Å²) in [6.45, 7) is 0.402. The molecule has 0 aliphatic carbocycles. The molecule has 5 rings (SSSR count). The highest BCUT2D eigenvalue weighted by atomic mass is 16.2. The molecule has 0 bridgehead atoms. The number of para-hydroxylation sites is 1. The van der Waals surface area contributed by atoms with Gasteiger partial charge in [-0.25, -0.2) is 4.98 Å². The maximum absolute atomic E-state index is 13.5. The van der Waals surface area contributed by atoms with E-state index >= 15 is 0 Å². The number of anilines is 1. The molecule has 1 aliphatic rings. The van der Waals surface area contributed by atoms with Gasteiger partial charge in [-0.2, -0.15) is 0 Å². The van der Waals surface area contributed by atoms with Crippen LogP contribution in [0.15, 0.2) is 83.7 Å². The molecule has 8 nitrogen and oxygen atoms in total. The quantitative estimate of drug-likeness (QED) is 0.439. The number of nitrogens with one attached hydrogen (secondary N) is 1. The van der Waals surface area contributed by atoms with Gasteiger partial charge in [-0.15, -0.1) is 0 Å². The van der Waals surface area contributed by atoms with E-state index in [0.717, 1.165) is 10.5 Å². The fraction of sp³-hybridized carbons (Fsp3) is 0.148. The normalized spacial score (nSPS) is 13.4. The number of amides is 3. The summed E-state index contributed by atoms with van der Waals surface area (Å²) in [7, 11) is 0. The van der Waals surface area contributed by atoms with E-state index in [9.17, 15) is 19.2 Å². The van der Waals surface area contributed by atoms with Crippen molar-refractivity contribution in [2.24, 2.45) is 0 Å². The van der Waals surface area contributed by atoms with E-state index in [1.54, 1.807) is 47.4 Å². The third-order valence-electron chi connectivity index (χ3n) is 5.93. The number of aromatic nitrogens is 2. The predicted molar refractivity (Wildman–Crippen MR) is 131 cm³/mol. The minimum Gasteiger partial charge on any atom is -0.327 e. The molecule has 0 spiro atoms. The average Bonchev–Trinajstić information content (AvgIpc) is 3.21. The number of hydrogen-bond acceptors (Lipinski definition) is 5. The number of carbonyl (C=O) groups excluding carboxylic acids is 3. The number of imide groups is 1. The Morgan fingerprint density at radius 3 is 2.20 bits per heavy atom. The van der Waals surface area contributed by atoms with Gasteiger partial charge in [0.05, 0.1) is 23.1 Å². The molecule has 1 N–H and O–H groups in total. The van der Waals surface area contributed by atoms with Crippen molar-refractivity contribution in [3.63, 3.8) is 0 Å². The molecule has 0 radical (unpaired) electrons. The van der Waals surface area contributed by atoms with Gasteiger partial charge in [0.2, 0.25) is 11.8 Å². The smallest absolute Gasteiger partial charge is 0.258 e. The summed E-state index contributed by atoms with van der Waals surface area (Å²) in [6.07, 6.45) is 0.392. The molecule has 1 fully saturated rings. The molecular formula is C27H22N4O4. The number of hydrogen-bond donors (Lipinski definition) is 1. The first kappa shape index (κ1) is 22.2. The molecule has 35 heavy (non-hydrogen) atoms. The van der Waals surface area contributed by atoms with Gasteiger partial charge < -0.3 is 9.88 Å². The van der Waals surface area contributed by atoms with Crippen LogP contribution in [0, 0.1) is 0 Å². The van der Waals surface area contributed by atoms with E-state index in [0.29, 0.717) is 34.5 Å². The minimum atomic E-state index is -0.268. The Labute approximate surface area is 200 Å². The first-order valence-corrected chi connectivity index (χ1v) is 11.3. The van der Waals surface area contributed by atoms with Crippen LogP contribution in [0.25, 0.3) is 10.9 Å². The van der Waals surface area contributed by atoms with Crippen LogP contribution < -0.4 is 10.5 Å². The van der Waals surface area contributed by atoms with Crippen LogP contribution >= 0.6 is 0 Å². The van der Waals surface area contributed by atoms with E-state index in [-0.39, 0.29) is 42.7 Å². The number of aromatic amines is 1. The molecule has 1 aliphatic heterocycles. The number of benzene rings is 3. The Morgan fingerprint density at radius 2 is 1.49 bits per heavy atom. The average molecular weight is 466 g/mol. The van der Waals surface area contributed by atoms with Gasteiger partial charge in [-0.1, -0.05) is 42.5 Å². The van der Waals surface area contributed by atoms with Gasteiger partial charge >= 0.3 is 0 Å². The topological polar surface area (TPSA) is 103 Å². The summed E-state index contributed by atoms with van der Waals surface area (Å²) in [6, 6.07) is 23.0. The van der Waals surface area contributed by atoms with Gasteiger partial charge in [0, 0.05) is 24.9 Å². The summed E-state index contributed by atoms with van der Waals surface area (Å²) < 4.78 is 0. The molecule has 2 heterocycles. The van der Waals surface area contributed by atoms with E-state index < -0.39 is 0 Å². The van der Waals surface area contributed by atoms with Gasteiger partial charge in [0.1, 0.15) is 5.82 Å². The van der Waals surface area contributed by atoms with Crippen molar-refractivity contribution in [3.05, 3.63) is 106 Å². The summed E-state index contributed by atoms with van der Waals surface area (Å²) in [4.78, 5) is 60.2. The molecule has 1 aromatic heterocycles. The SMILES string of the molecule is O=C(c1ccc(N2C(=O)CCC2=O)cc1)N(Cc1ccccc1)Cc1nc2ccccc2c(=O)[nH]1. The van der Waals surface area contributed by atoms with Crippen molar-refractivity contribution in [3.8, 4) is 0 Å². The lowest BCUT2D eigenvalue weighted by Gasteiger charge is -2.23. The number of rotatable bonds is 6. The van der Waals surface area contributed by atoms with Gasteiger partial charge in [-0.05, 0) is 42.0 Å². The fourth-order valence-electron chi connectivity index (χ4n) is 4.19. The largest absolute Gasteiger partial charge is 0.327 e. The Kier molecular flexibility index (Phi) is 5.93. The Balaban J connectivity index is 1.45. The highest BCUT2D eigenvalue weighted by Gasteiger charge is 2.30. The van der Waals surface area contributed by atoms with Crippen LogP contribution in [-0.4, -0.2) is 32.6 Å². The highest BCUT2D eigenvalue weighted by molar-refractivity contribution is 6.19. The van der Waals surface area contributed by atoms with Gasteiger partial charge in [-0.3, -0.25) is 24.1 Å². The van der Waals surface area contributed by atoms with Gasteiger partial charge in [0.15, 0.2) is 0 Å². The Hall–Kier alpha value is -4.59. The number of H-pyrrole nitrogens is 1. The first-order valence-electron chi connectivity index (χ1n) is 11.3. The zero-order valence-corrected chi connectivity index (χ0v) is 18.8. The van der Waals surface area contributed by atoms with Crippen LogP contribution in [-0.2, 0) is 22.7 Å². The third kappa shape index (κ3) is 4.59. The first-order chi connectivity index (χ1) is 17.0. The molecule has 8 heteroatoms. The molecule has 1 saturated heterocycles. The number of nitrogens with zero attached hydrogens (tertiary/aromatic N) is 3. The van der Waals surface area contributed by atoms with Crippen molar-refractivity contribution in [2.75, 3.05) is 4.90 Å². The zero-order valence-electron chi connectivity index (χ0n) is 18.8. The van der Waals surface area contributed by atoms with Crippen molar-refractivity contribution >= 4 is 34.3 Å². The summed E-state index contributed by atoms with van der Waals surface area (Å²) in [5.41, 5.74) is 2.06. The molecule has 4 aromatic rings. The van der Waals surface area contributed by atoms with Crippen molar-refractivity contribution < 1.29 is 14.4 Å². The monoisotopic (exact) mass is 466 g/mol. The van der Waals surface area contributed by atoms with E-state index in [4.69, 9.17) is 0 Å². The zero-order chi connectivity index (χ0) is 24.4. The lowest BCUT2D eigenvalue weighted by atomic mass is 10.1. The van der Waals surface area contributed by atoms with Gasteiger partial charge in [0.25, 0.3) is 11.5 Å². The van der Waals surface area contributed by atoms with E-state index in [2.05, 4.69) is 9.97 Å². The molecule has 3 amide bonds. The summed E-state index contributed by atoms with van der Waals surface area (Å²) in [5.74, 6) is -0.379. The number of carbonyl (C=O) groups is 3. The van der Waals surface area contributed by atoms with Crippen molar-refractivity contribution in [1.29, 1.82) is 0 Å². The Bertz CT molecular complexity index is 1460. The fourth-order valence-corrected chi connectivity index (χ4v) is 4.19. The third-order valence-corrected chi connectivity index (χ3v) is 5.93. The predicted octanol–water partition coefficient (Wildman–Crippen LogP) is 3.42. The molecule has 0 unspecified atom stereocenters. The molecule has 3 aromatic carbocycles. The van der Waals surface area contributed by atoms with Crippen molar-refractivity contribution in [1.82, 2.24) is 14.9 Å². The van der Waals surface area contributed by atoms with E-state index in [1.165, 1.54) is 0 Å². The highest BCUT2D eigenvalue weighted by Crippen LogP contribution is 2.23. The molecule has 0 atom stereocenters. The van der Waals surface area contributed by atoms with Crippen LogP contribution in [0.2, 0.25) is 0 Å².